The molecule has 0 radical (unpaired) electrons. The molecule has 0 aromatic rings. The quantitative estimate of drug-likeness (QED) is 0.657. The van der Waals surface area contributed by atoms with Gasteiger partial charge in [-0.1, -0.05) is 24.8 Å². The van der Waals surface area contributed by atoms with Crippen molar-refractivity contribution in [2.24, 2.45) is 5.41 Å². The Kier molecular flexibility index (Phi) is 2.58. The second-order valence-electron chi connectivity index (χ2n) is 3.82. The molecule has 0 N–H and O–H groups in total. The first-order valence-corrected chi connectivity index (χ1v) is 5.14. The molecule has 2 aliphatic rings. The molecule has 2 rings (SSSR count). The van der Waals surface area contributed by atoms with Gasteiger partial charge in [-0.05, 0) is 31.1 Å². The van der Waals surface area contributed by atoms with Gasteiger partial charge in [0.1, 0.15) is 12.4 Å². The van der Waals surface area contributed by atoms with E-state index in [0.29, 0.717) is 6.61 Å². The molecule has 0 bridgehead atoms. The normalized spacial score (nSPS) is 21.9. The van der Waals surface area contributed by atoms with Gasteiger partial charge in [-0.3, -0.25) is 4.79 Å². The highest BCUT2D eigenvalue weighted by atomic mass is 16.5. The Balaban J connectivity index is 2.18. The maximum Gasteiger partial charge on any atom is 0.178 e. The minimum absolute atomic E-state index is 0.0515. The maximum atomic E-state index is 11.1. The molecule has 0 unspecified atom stereocenters. The third kappa shape index (κ3) is 1.80. The zero-order valence-corrected chi connectivity index (χ0v) is 8.61. The number of carbonyl (C=O) groups excluding carboxylic acids is 1. The minimum atomic E-state index is -0.170. The zero-order valence-electron chi connectivity index (χ0n) is 8.61. The van der Waals surface area contributed by atoms with Crippen LogP contribution in [0, 0.1) is 5.41 Å². The van der Waals surface area contributed by atoms with Crippen molar-refractivity contribution >= 4 is 5.78 Å². The van der Waals surface area contributed by atoms with Crippen LogP contribution in [0.1, 0.15) is 12.8 Å². The first-order chi connectivity index (χ1) is 7.27. The molecule has 2 nitrogen and oxygen atoms in total. The number of rotatable bonds is 3. The molecule has 2 heteroatoms. The van der Waals surface area contributed by atoms with Crippen LogP contribution in [-0.2, 0) is 9.53 Å². The van der Waals surface area contributed by atoms with Crippen LogP contribution in [0.2, 0.25) is 0 Å². The van der Waals surface area contributed by atoms with E-state index in [-0.39, 0.29) is 11.2 Å². The van der Waals surface area contributed by atoms with Crippen molar-refractivity contribution in [1.29, 1.82) is 0 Å². The van der Waals surface area contributed by atoms with Gasteiger partial charge in [-0.25, -0.2) is 0 Å². The fourth-order valence-corrected chi connectivity index (χ4v) is 2.00. The second-order valence-corrected chi connectivity index (χ2v) is 3.82. The van der Waals surface area contributed by atoms with Crippen molar-refractivity contribution in [3.63, 3.8) is 0 Å². The van der Waals surface area contributed by atoms with Crippen LogP contribution in [0.3, 0.4) is 0 Å². The number of allylic oxidation sites excluding steroid dienone is 4. The van der Waals surface area contributed by atoms with E-state index in [1.165, 1.54) is 0 Å². The van der Waals surface area contributed by atoms with Gasteiger partial charge in [0.2, 0.25) is 0 Å². The molecule has 0 atom stereocenters. The smallest absolute Gasteiger partial charge is 0.178 e. The summed E-state index contributed by atoms with van der Waals surface area (Å²) in [5, 5.41) is 0. The summed E-state index contributed by atoms with van der Waals surface area (Å²) >= 11 is 0. The van der Waals surface area contributed by atoms with Crippen LogP contribution in [0.5, 0.6) is 0 Å². The minimum Gasteiger partial charge on any atom is -0.493 e. The molecule has 0 amide bonds. The summed E-state index contributed by atoms with van der Waals surface area (Å²) in [7, 11) is 0. The molecule has 78 valence electrons. The van der Waals surface area contributed by atoms with Crippen molar-refractivity contribution in [2.75, 3.05) is 6.61 Å². The van der Waals surface area contributed by atoms with E-state index in [1.54, 1.807) is 18.2 Å². The largest absolute Gasteiger partial charge is 0.493 e. The summed E-state index contributed by atoms with van der Waals surface area (Å²) in [5.41, 5.74) is -0.170. The highest BCUT2D eigenvalue weighted by Gasteiger charge is 2.35. The molecule has 0 fully saturated rings. The topological polar surface area (TPSA) is 26.3 Å². The van der Waals surface area contributed by atoms with Crippen molar-refractivity contribution in [2.45, 2.75) is 12.8 Å². The van der Waals surface area contributed by atoms with Gasteiger partial charge in [-0.2, -0.15) is 0 Å². The van der Waals surface area contributed by atoms with Crippen LogP contribution >= 0.6 is 0 Å². The van der Waals surface area contributed by atoms with E-state index >= 15 is 0 Å². The summed E-state index contributed by atoms with van der Waals surface area (Å²) in [6.45, 7) is 4.14. The predicted octanol–water partition coefficient (Wildman–Crippen LogP) is 2.55. The molecule has 0 heterocycles. The number of ketones is 1. The van der Waals surface area contributed by atoms with Gasteiger partial charge in [0, 0.05) is 0 Å². The van der Waals surface area contributed by atoms with E-state index in [9.17, 15) is 4.79 Å². The highest BCUT2D eigenvalue weighted by molar-refractivity contribution is 6.00. The van der Waals surface area contributed by atoms with Crippen LogP contribution in [0.4, 0.5) is 0 Å². The highest BCUT2D eigenvalue weighted by Crippen LogP contribution is 2.43. The van der Waals surface area contributed by atoms with Crippen molar-refractivity contribution in [3.05, 3.63) is 48.8 Å². The van der Waals surface area contributed by atoms with E-state index in [1.807, 2.05) is 12.2 Å². The van der Waals surface area contributed by atoms with Crippen molar-refractivity contribution in [3.8, 4) is 0 Å². The average Bonchev–Trinajstić information content (AvgIpc) is 2.63. The Morgan fingerprint density at radius 1 is 1.47 bits per heavy atom. The Hall–Kier alpha value is -1.57. The van der Waals surface area contributed by atoms with Gasteiger partial charge in [0.05, 0.1) is 5.41 Å². The lowest BCUT2D eigenvalue weighted by Gasteiger charge is -2.26. The predicted molar refractivity (Wildman–Crippen MR) is 59.2 cm³/mol. The van der Waals surface area contributed by atoms with Gasteiger partial charge >= 0.3 is 0 Å². The molecule has 0 saturated heterocycles. The number of carbonyl (C=O) groups is 1. The summed E-state index contributed by atoms with van der Waals surface area (Å²) in [4.78, 5) is 11.1. The zero-order chi connectivity index (χ0) is 10.7. The maximum absolute atomic E-state index is 11.1. The second kappa shape index (κ2) is 3.89. The fraction of sp³-hybridized carbons (Fsp3) is 0.308. The SMILES string of the molecule is C=CCOC1=CCCC12C=CC(=O)C=C2. The first-order valence-electron chi connectivity index (χ1n) is 5.14. The van der Waals surface area contributed by atoms with Gasteiger partial charge in [0.15, 0.2) is 5.78 Å². The Bertz CT molecular complexity index is 356. The molecule has 0 aliphatic heterocycles. The number of ether oxygens (including phenoxy) is 1. The van der Waals surface area contributed by atoms with Gasteiger partial charge < -0.3 is 4.74 Å². The third-order valence-electron chi connectivity index (χ3n) is 2.79. The first kappa shape index (κ1) is 9.97. The summed E-state index contributed by atoms with van der Waals surface area (Å²) in [6.07, 6.45) is 12.9. The number of hydrogen-bond donors (Lipinski definition) is 0. The van der Waals surface area contributed by atoms with Crippen LogP contribution < -0.4 is 0 Å². The average molecular weight is 202 g/mol. The van der Waals surface area contributed by atoms with E-state index < -0.39 is 0 Å². The van der Waals surface area contributed by atoms with E-state index in [2.05, 4.69) is 12.7 Å². The Labute approximate surface area is 89.6 Å². The molecule has 1 spiro atoms. The molecule has 2 aliphatic carbocycles. The Morgan fingerprint density at radius 2 is 2.20 bits per heavy atom. The molecule has 0 saturated carbocycles. The number of hydrogen-bond acceptors (Lipinski definition) is 2. The molecular weight excluding hydrogens is 188 g/mol. The lowest BCUT2D eigenvalue weighted by atomic mass is 9.82. The summed E-state index contributed by atoms with van der Waals surface area (Å²) < 4.78 is 5.61. The molecule has 15 heavy (non-hydrogen) atoms. The molecule has 0 aromatic carbocycles. The fourth-order valence-electron chi connectivity index (χ4n) is 2.00. The Morgan fingerprint density at radius 3 is 2.87 bits per heavy atom. The van der Waals surface area contributed by atoms with Gasteiger partial charge in [-0.15, -0.1) is 0 Å². The van der Waals surface area contributed by atoms with Crippen molar-refractivity contribution in [1.82, 2.24) is 0 Å². The molecule has 0 aromatic heterocycles. The lowest BCUT2D eigenvalue weighted by Crippen LogP contribution is -2.19. The third-order valence-corrected chi connectivity index (χ3v) is 2.79. The monoisotopic (exact) mass is 202 g/mol. The standard InChI is InChI=1S/C13H14O2/c1-2-10-15-12-4-3-7-13(12)8-5-11(14)6-9-13/h2,4-6,8-9H,1,3,7,10H2. The van der Waals surface area contributed by atoms with Crippen molar-refractivity contribution < 1.29 is 9.53 Å². The van der Waals surface area contributed by atoms with Crippen LogP contribution in [0.25, 0.3) is 0 Å². The summed E-state index contributed by atoms with van der Waals surface area (Å²) in [6, 6.07) is 0. The van der Waals surface area contributed by atoms with E-state index in [4.69, 9.17) is 4.74 Å². The van der Waals surface area contributed by atoms with Crippen LogP contribution in [-0.4, -0.2) is 12.4 Å². The summed E-state index contributed by atoms with van der Waals surface area (Å²) in [5.74, 6) is 0.998. The molecular formula is C13H14O2. The van der Waals surface area contributed by atoms with Crippen LogP contribution in [0.15, 0.2) is 48.8 Å². The lowest BCUT2D eigenvalue weighted by molar-refractivity contribution is -0.110. The van der Waals surface area contributed by atoms with E-state index in [0.717, 1.165) is 18.6 Å². The van der Waals surface area contributed by atoms with Gasteiger partial charge in [0.25, 0.3) is 0 Å².